The van der Waals surface area contributed by atoms with Gasteiger partial charge in [-0.1, -0.05) is 6.07 Å². The lowest BCUT2D eigenvalue weighted by Gasteiger charge is -2.23. The molecule has 0 fully saturated rings. The van der Waals surface area contributed by atoms with Crippen molar-refractivity contribution in [2.45, 2.75) is 19.1 Å². The van der Waals surface area contributed by atoms with Gasteiger partial charge in [0.25, 0.3) is 0 Å². The predicted octanol–water partition coefficient (Wildman–Crippen LogP) is 1.62. The maximum absolute atomic E-state index is 12.8. The average molecular weight is 368 g/mol. The minimum absolute atomic E-state index is 0.216. The number of hydrogen-bond acceptors (Lipinski definition) is 4. The molecule has 0 saturated heterocycles. The van der Waals surface area contributed by atoms with E-state index in [0.29, 0.717) is 10.4 Å². The van der Waals surface area contributed by atoms with Crippen LogP contribution in [0.1, 0.15) is 12.5 Å². The Bertz CT molecular complexity index is 677. The summed E-state index contributed by atoms with van der Waals surface area (Å²) in [4.78, 5) is 11.9. The van der Waals surface area contributed by atoms with Gasteiger partial charge in [0.1, 0.15) is 6.54 Å². The summed E-state index contributed by atoms with van der Waals surface area (Å²) in [6, 6.07) is 3.42. The Balaban J connectivity index is 3.06. The van der Waals surface area contributed by atoms with Crippen LogP contribution in [0.25, 0.3) is 0 Å². The number of ether oxygens (including phenoxy) is 1. The SMILES string of the molecule is COC[C@H](C)NC(=O)CN(c1cccc(C(F)(F)F)c1)S(C)(=O)=O. The molecule has 136 valence electrons. The number of amides is 1. The Kier molecular flexibility index (Phi) is 6.61. The molecule has 1 atom stereocenters. The number of hydrogen-bond donors (Lipinski definition) is 1. The third-order valence-corrected chi connectivity index (χ3v) is 4.11. The standard InChI is InChI=1S/C14H19F3N2O4S/c1-10(9-23-2)18-13(20)8-19(24(3,21)22)12-6-4-5-11(7-12)14(15,16)17/h4-7,10H,8-9H2,1-3H3,(H,18,20)/t10-/m0/s1. The lowest BCUT2D eigenvalue weighted by Crippen LogP contribution is -2.44. The minimum Gasteiger partial charge on any atom is -0.383 e. The molecule has 10 heteroatoms. The fraction of sp³-hybridized carbons (Fsp3) is 0.500. The Morgan fingerprint density at radius 2 is 2.00 bits per heavy atom. The van der Waals surface area contributed by atoms with Crippen molar-refractivity contribution >= 4 is 21.6 Å². The van der Waals surface area contributed by atoms with Crippen LogP contribution in [0.2, 0.25) is 0 Å². The molecule has 1 aromatic carbocycles. The second-order valence-electron chi connectivity index (χ2n) is 5.24. The summed E-state index contributed by atoms with van der Waals surface area (Å²) in [7, 11) is -2.51. The van der Waals surface area contributed by atoms with Crippen LogP contribution in [-0.2, 0) is 25.7 Å². The van der Waals surface area contributed by atoms with Gasteiger partial charge in [0.2, 0.25) is 15.9 Å². The molecule has 1 rings (SSSR count). The highest BCUT2D eigenvalue weighted by molar-refractivity contribution is 7.92. The normalized spacial score (nSPS) is 13.4. The van der Waals surface area contributed by atoms with Crippen LogP contribution in [0, 0.1) is 0 Å². The van der Waals surface area contributed by atoms with Gasteiger partial charge in [0.05, 0.1) is 24.1 Å². The molecule has 1 aromatic rings. The highest BCUT2D eigenvalue weighted by atomic mass is 32.2. The average Bonchev–Trinajstić information content (AvgIpc) is 2.43. The number of alkyl halides is 3. The van der Waals surface area contributed by atoms with Crippen molar-refractivity contribution in [3.8, 4) is 0 Å². The summed E-state index contributed by atoms with van der Waals surface area (Å²) in [5, 5.41) is 2.51. The number of methoxy groups -OCH3 is 1. The van der Waals surface area contributed by atoms with E-state index in [9.17, 15) is 26.4 Å². The quantitative estimate of drug-likeness (QED) is 0.794. The van der Waals surface area contributed by atoms with Gasteiger partial charge in [-0.05, 0) is 25.1 Å². The van der Waals surface area contributed by atoms with E-state index in [0.717, 1.165) is 18.4 Å². The topological polar surface area (TPSA) is 75.7 Å². The van der Waals surface area contributed by atoms with Crippen LogP contribution < -0.4 is 9.62 Å². The number of carbonyl (C=O) groups is 1. The number of rotatable bonds is 7. The van der Waals surface area contributed by atoms with Gasteiger partial charge in [0.15, 0.2) is 0 Å². The van der Waals surface area contributed by atoms with E-state index in [4.69, 9.17) is 4.74 Å². The molecule has 1 N–H and O–H groups in total. The van der Waals surface area contributed by atoms with Crippen LogP contribution in [0.15, 0.2) is 24.3 Å². The van der Waals surface area contributed by atoms with E-state index >= 15 is 0 Å². The van der Waals surface area contributed by atoms with Crippen LogP contribution >= 0.6 is 0 Å². The van der Waals surface area contributed by atoms with Crippen molar-refractivity contribution in [2.24, 2.45) is 0 Å². The zero-order valence-electron chi connectivity index (χ0n) is 13.4. The van der Waals surface area contributed by atoms with E-state index in [2.05, 4.69) is 5.32 Å². The summed E-state index contributed by atoms with van der Waals surface area (Å²) in [5.74, 6) is -0.651. The smallest absolute Gasteiger partial charge is 0.383 e. The highest BCUT2D eigenvalue weighted by Crippen LogP contribution is 2.32. The molecule has 0 bridgehead atoms. The van der Waals surface area contributed by atoms with Crippen molar-refractivity contribution in [2.75, 3.05) is 30.8 Å². The monoisotopic (exact) mass is 368 g/mol. The molecule has 0 radical (unpaired) electrons. The largest absolute Gasteiger partial charge is 0.416 e. The molecule has 0 spiro atoms. The van der Waals surface area contributed by atoms with Crippen molar-refractivity contribution < 1.29 is 31.1 Å². The van der Waals surface area contributed by atoms with Crippen molar-refractivity contribution in [3.63, 3.8) is 0 Å². The molecular weight excluding hydrogens is 349 g/mol. The number of carbonyl (C=O) groups excluding carboxylic acids is 1. The lowest BCUT2D eigenvalue weighted by molar-refractivity contribution is -0.137. The first kappa shape index (κ1) is 20.2. The highest BCUT2D eigenvalue weighted by Gasteiger charge is 2.32. The van der Waals surface area contributed by atoms with Crippen LogP contribution in [0.5, 0.6) is 0 Å². The molecule has 0 aliphatic rings. The van der Waals surface area contributed by atoms with E-state index in [1.807, 2.05) is 0 Å². The summed E-state index contributed by atoms with van der Waals surface area (Å²) >= 11 is 0. The molecule has 0 saturated carbocycles. The van der Waals surface area contributed by atoms with Crippen molar-refractivity contribution in [1.29, 1.82) is 0 Å². The number of sulfonamides is 1. The van der Waals surface area contributed by atoms with Gasteiger partial charge in [-0.25, -0.2) is 8.42 Å². The second-order valence-corrected chi connectivity index (χ2v) is 7.15. The molecule has 24 heavy (non-hydrogen) atoms. The number of halogens is 3. The summed E-state index contributed by atoms with van der Waals surface area (Å²) in [5.41, 5.74) is -1.23. The van der Waals surface area contributed by atoms with E-state index in [1.54, 1.807) is 6.92 Å². The second kappa shape index (κ2) is 7.84. The predicted molar refractivity (Wildman–Crippen MR) is 83.1 cm³/mol. The molecule has 0 aromatic heterocycles. The Labute approximate surface area is 138 Å². The van der Waals surface area contributed by atoms with Gasteiger partial charge in [-0.3, -0.25) is 9.10 Å². The molecule has 1 amide bonds. The van der Waals surface area contributed by atoms with E-state index < -0.39 is 34.2 Å². The zero-order valence-corrected chi connectivity index (χ0v) is 14.2. The van der Waals surface area contributed by atoms with Crippen molar-refractivity contribution in [1.82, 2.24) is 5.32 Å². The molecule has 0 unspecified atom stereocenters. The van der Waals surface area contributed by atoms with Crippen LogP contribution in [0.4, 0.5) is 18.9 Å². The first-order chi connectivity index (χ1) is 10.9. The first-order valence-corrected chi connectivity index (χ1v) is 8.73. The third-order valence-electron chi connectivity index (χ3n) is 2.97. The Hall–Kier alpha value is -1.81. The number of anilines is 1. The van der Waals surface area contributed by atoms with Crippen LogP contribution in [0.3, 0.4) is 0 Å². The Morgan fingerprint density at radius 3 is 2.50 bits per heavy atom. The molecular formula is C14H19F3N2O4S. The van der Waals surface area contributed by atoms with Crippen LogP contribution in [-0.4, -0.2) is 46.9 Å². The number of benzene rings is 1. The number of nitrogens with one attached hydrogen (secondary N) is 1. The first-order valence-electron chi connectivity index (χ1n) is 6.88. The van der Waals surface area contributed by atoms with Gasteiger partial charge in [0, 0.05) is 13.2 Å². The summed E-state index contributed by atoms with van der Waals surface area (Å²) < 4.78 is 67.6. The van der Waals surface area contributed by atoms with E-state index in [-0.39, 0.29) is 18.3 Å². The van der Waals surface area contributed by atoms with E-state index in [1.165, 1.54) is 13.2 Å². The third kappa shape index (κ3) is 6.00. The maximum atomic E-state index is 12.8. The van der Waals surface area contributed by atoms with Gasteiger partial charge in [-0.2, -0.15) is 13.2 Å². The molecule has 6 nitrogen and oxygen atoms in total. The minimum atomic E-state index is -4.62. The summed E-state index contributed by atoms with van der Waals surface area (Å²) in [6.45, 7) is 1.23. The fourth-order valence-electron chi connectivity index (χ4n) is 1.98. The fourth-order valence-corrected chi connectivity index (χ4v) is 2.83. The van der Waals surface area contributed by atoms with Gasteiger partial charge in [-0.15, -0.1) is 0 Å². The molecule has 0 aliphatic heterocycles. The van der Waals surface area contributed by atoms with Gasteiger partial charge < -0.3 is 10.1 Å². The molecule has 0 heterocycles. The van der Waals surface area contributed by atoms with Crippen molar-refractivity contribution in [3.05, 3.63) is 29.8 Å². The summed E-state index contributed by atoms with van der Waals surface area (Å²) in [6.07, 6.45) is -3.80. The van der Waals surface area contributed by atoms with Gasteiger partial charge >= 0.3 is 6.18 Å². The maximum Gasteiger partial charge on any atom is 0.416 e. The Morgan fingerprint density at radius 1 is 1.38 bits per heavy atom. The number of nitrogens with zero attached hydrogens (tertiary/aromatic N) is 1. The zero-order chi connectivity index (χ0) is 18.5. The lowest BCUT2D eigenvalue weighted by atomic mass is 10.2. The molecule has 0 aliphatic carbocycles.